The molecule has 3 rings (SSSR count). The molecule has 1 N–H and O–H groups in total. The third kappa shape index (κ3) is 4.04. The lowest BCUT2D eigenvalue weighted by atomic mass is 10.0. The molecular formula is C16H15ClN4OS. The van der Waals surface area contributed by atoms with Crippen molar-refractivity contribution in [1.29, 1.82) is 0 Å². The third-order valence-corrected chi connectivity index (χ3v) is 4.09. The number of aromatic nitrogens is 3. The van der Waals surface area contributed by atoms with E-state index in [2.05, 4.69) is 19.7 Å². The molecule has 0 aliphatic heterocycles. The molecule has 0 amide bonds. The van der Waals surface area contributed by atoms with Crippen molar-refractivity contribution in [3.05, 3.63) is 70.8 Å². The lowest BCUT2D eigenvalue weighted by Gasteiger charge is -2.18. The van der Waals surface area contributed by atoms with E-state index in [-0.39, 0.29) is 6.04 Å². The van der Waals surface area contributed by atoms with Crippen LogP contribution in [0.15, 0.2) is 48.7 Å². The summed E-state index contributed by atoms with van der Waals surface area (Å²) < 4.78 is 9.32. The van der Waals surface area contributed by atoms with Gasteiger partial charge in [0.25, 0.3) is 0 Å². The Balaban J connectivity index is 1.91. The molecule has 0 bridgehead atoms. The van der Waals surface area contributed by atoms with Crippen LogP contribution in [0.25, 0.3) is 0 Å². The number of nitrogens with one attached hydrogen (secondary N) is 1. The zero-order chi connectivity index (χ0) is 16.1. The van der Waals surface area contributed by atoms with Crippen LogP contribution in [0.3, 0.4) is 0 Å². The number of anilines is 1. The summed E-state index contributed by atoms with van der Waals surface area (Å²) in [6, 6.07) is 13.4. The van der Waals surface area contributed by atoms with Crippen molar-refractivity contribution < 1.29 is 4.74 Å². The number of hydrogen-bond donors (Lipinski definition) is 1. The van der Waals surface area contributed by atoms with Crippen molar-refractivity contribution in [2.75, 3.05) is 12.4 Å². The first-order chi connectivity index (χ1) is 11.3. The van der Waals surface area contributed by atoms with Gasteiger partial charge in [-0.2, -0.15) is 4.37 Å². The van der Waals surface area contributed by atoms with Gasteiger partial charge >= 0.3 is 0 Å². The molecule has 1 atom stereocenters. The van der Waals surface area contributed by atoms with Crippen LogP contribution in [0.1, 0.15) is 23.1 Å². The fourth-order valence-electron chi connectivity index (χ4n) is 2.18. The maximum Gasteiger partial charge on any atom is 0.203 e. The summed E-state index contributed by atoms with van der Waals surface area (Å²) >= 11 is 7.43. The van der Waals surface area contributed by atoms with E-state index >= 15 is 0 Å². The Morgan fingerprint density at radius 3 is 2.91 bits per heavy atom. The Labute approximate surface area is 143 Å². The Morgan fingerprint density at radius 2 is 2.17 bits per heavy atom. The molecule has 0 saturated heterocycles. The fourth-order valence-corrected chi connectivity index (χ4v) is 2.99. The predicted molar refractivity (Wildman–Crippen MR) is 91.8 cm³/mol. The Kier molecular flexibility index (Phi) is 5.17. The van der Waals surface area contributed by atoms with Gasteiger partial charge in [0.2, 0.25) is 5.13 Å². The molecule has 0 aliphatic carbocycles. The summed E-state index contributed by atoms with van der Waals surface area (Å²) in [6.45, 7) is 0.392. The van der Waals surface area contributed by atoms with Crippen molar-refractivity contribution >= 4 is 28.3 Å². The van der Waals surface area contributed by atoms with Crippen LogP contribution < -0.4 is 5.32 Å². The fraction of sp³-hybridized carbons (Fsp3) is 0.188. The minimum Gasteiger partial charge on any atom is -0.377 e. The van der Waals surface area contributed by atoms with Gasteiger partial charge in [-0.25, -0.2) is 4.98 Å². The van der Waals surface area contributed by atoms with Crippen molar-refractivity contribution in [1.82, 2.24) is 14.3 Å². The van der Waals surface area contributed by atoms with Crippen LogP contribution >= 0.6 is 23.1 Å². The van der Waals surface area contributed by atoms with E-state index in [4.69, 9.17) is 16.3 Å². The highest BCUT2D eigenvalue weighted by atomic mass is 35.5. The molecule has 5 nitrogen and oxygen atoms in total. The van der Waals surface area contributed by atoms with E-state index in [9.17, 15) is 0 Å². The van der Waals surface area contributed by atoms with Gasteiger partial charge in [0.15, 0.2) is 5.82 Å². The van der Waals surface area contributed by atoms with Gasteiger partial charge in [0.05, 0.1) is 11.7 Å². The number of nitrogens with zero attached hydrogens (tertiary/aromatic N) is 3. The molecule has 0 fully saturated rings. The van der Waals surface area contributed by atoms with Crippen LogP contribution in [-0.4, -0.2) is 21.5 Å². The first-order valence-electron chi connectivity index (χ1n) is 7.00. The number of methoxy groups -OCH3 is 1. The summed E-state index contributed by atoms with van der Waals surface area (Å²) in [7, 11) is 1.62. The highest BCUT2D eigenvalue weighted by Gasteiger charge is 2.17. The van der Waals surface area contributed by atoms with Crippen LogP contribution in [0.5, 0.6) is 0 Å². The number of ether oxygens (including phenoxy) is 1. The standard InChI is InChI=1S/C16H15ClN4OS/c1-22-10-14-19-16(23-21-14)20-15(13-7-2-3-8-18-13)11-5-4-6-12(17)9-11/h2-9,15H,10H2,1H3,(H,19,20,21). The third-order valence-electron chi connectivity index (χ3n) is 3.17. The van der Waals surface area contributed by atoms with Gasteiger partial charge in [-0.15, -0.1) is 0 Å². The highest BCUT2D eigenvalue weighted by Crippen LogP contribution is 2.27. The maximum absolute atomic E-state index is 6.13. The number of rotatable bonds is 6. The Hall–Kier alpha value is -2.02. The average Bonchev–Trinajstić information content (AvgIpc) is 3.01. The second-order valence-electron chi connectivity index (χ2n) is 4.84. The minimum atomic E-state index is -0.154. The van der Waals surface area contributed by atoms with E-state index < -0.39 is 0 Å². The van der Waals surface area contributed by atoms with Gasteiger partial charge in [-0.05, 0) is 29.8 Å². The Morgan fingerprint density at radius 1 is 1.26 bits per heavy atom. The summed E-state index contributed by atoms with van der Waals surface area (Å²) in [4.78, 5) is 8.87. The topological polar surface area (TPSA) is 59.9 Å². The van der Waals surface area contributed by atoms with E-state index in [1.165, 1.54) is 11.5 Å². The second kappa shape index (κ2) is 7.50. The molecule has 118 valence electrons. The quantitative estimate of drug-likeness (QED) is 0.732. The molecule has 2 aromatic heterocycles. The van der Waals surface area contributed by atoms with E-state index in [1.54, 1.807) is 13.3 Å². The van der Waals surface area contributed by atoms with Crippen LogP contribution in [-0.2, 0) is 11.3 Å². The van der Waals surface area contributed by atoms with Crippen molar-refractivity contribution in [3.8, 4) is 0 Å². The van der Waals surface area contributed by atoms with Gasteiger partial charge in [0, 0.05) is 29.9 Å². The van der Waals surface area contributed by atoms with Crippen molar-refractivity contribution in [3.63, 3.8) is 0 Å². The molecular weight excluding hydrogens is 332 g/mol. The second-order valence-corrected chi connectivity index (χ2v) is 6.02. The first kappa shape index (κ1) is 15.9. The molecule has 23 heavy (non-hydrogen) atoms. The molecule has 0 saturated carbocycles. The van der Waals surface area contributed by atoms with Crippen LogP contribution in [0.4, 0.5) is 5.13 Å². The highest BCUT2D eigenvalue weighted by molar-refractivity contribution is 7.09. The summed E-state index contributed by atoms with van der Waals surface area (Å²) in [5.41, 5.74) is 1.90. The average molecular weight is 347 g/mol. The zero-order valence-electron chi connectivity index (χ0n) is 12.4. The molecule has 2 heterocycles. The monoisotopic (exact) mass is 346 g/mol. The van der Waals surface area contributed by atoms with E-state index in [0.717, 1.165) is 11.3 Å². The molecule has 3 aromatic rings. The van der Waals surface area contributed by atoms with Gasteiger partial charge < -0.3 is 10.1 Å². The summed E-state index contributed by atoms with van der Waals surface area (Å²) in [5, 5.41) is 4.78. The minimum absolute atomic E-state index is 0.154. The van der Waals surface area contributed by atoms with Gasteiger partial charge in [-0.3, -0.25) is 4.98 Å². The van der Waals surface area contributed by atoms with E-state index in [1.807, 2.05) is 42.5 Å². The SMILES string of the molecule is COCc1nsc(NC(c2cccc(Cl)c2)c2ccccn2)n1. The predicted octanol–water partition coefficient (Wildman–Crippen LogP) is 3.93. The smallest absolute Gasteiger partial charge is 0.203 e. The van der Waals surface area contributed by atoms with Crippen molar-refractivity contribution in [2.24, 2.45) is 0 Å². The molecule has 0 radical (unpaired) electrons. The number of pyridine rings is 1. The molecule has 1 aromatic carbocycles. The van der Waals surface area contributed by atoms with Crippen LogP contribution in [0, 0.1) is 0 Å². The number of benzene rings is 1. The maximum atomic E-state index is 6.13. The largest absolute Gasteiger partial charge is 0.377 e. The molecule has 0 aliphatic rings. The number of hydrogen-bond acceptors (Lipinski definition) is 6. The Bertz CT molecular complexity index is 766. The van der Waals surface area contributed by atoms with Gasteiger partial charge in [0.1, 0.15) is 6.61 Å². The summed E-state index contributed by atoms with van der Waals surface area (Å²) in [6.07, 6.45) is 1.77. The number of halogens is 1. The normalized spacial score (nSPS) is 12.1. The molecule has 7 heteroatoms. The molecule has 0 spiro atoms. The zero-order valence-corrected chi connectivity index (χ0v) is 14.0. The lowest BCUT2D eigenvalue weighted by Crippen LogP contribution is -2.13. The lowest BCUT2D eigenvalue weighted by molar-refractivity contribution is 0.179. The van der Waals surface area contributed by atoms with Gasteiger partial charge in [-0.1, -0.05) is 29.8 Å². The van der Waals surface area contributed by atoms with Crippen molar-refractivity contribution in [2.45, 2.75) is 12.6 Å². The first-order valence-corrected chi connectivity index (χ1v) is 8.16. The van der Waals surface area contributed by atoms with E-state index in [0.29, 0.717) is 22.6 Å². The summed E-state index contributed by atoms with van der Waals surface area (Å²) in [5.74, 6) is 0.658. The molecule has 1 unspecified atom stereocenters. The van der Waals surface area contributed by atoms with Crippen LogP contribution in [0.2, 0.25) is 5.02 Å².